The minimum Gasteiger partial charge on any atom is -0.319 e. The fourth-order valence-electron chi connectivity index (χ4n) is 0.703. The Balaban J connectivity index is 0. The van der Waals surface area contributed by atoms with Crippen LogP contribution in [0.5, 0.6) is 0 Å². The highest BCUT2D eigenvalue weighted by Gasteiger charge is 1.89. The van der Waals surface area contributed by atoms with E-state index in [1.165, 1.54) is 4.88 Å². The second-order valence-corrected chi connectivity index (χ2v) is 2.97. The quantitative estimate of drug-likeness (QED) is 0.813. The Bertz CT molecular complexity index is 163. The van der Waals surface area contributed by atoms with Gasteiger partial charge in [0.15, 0.2) is 0 Å². The van der Waals surface area contributed by atoms with Gasteiger partial charge in [0.25, 0.3) is 0 Å². The monoisotopic (exact) mass is 201 g/mol. The Morgan fingerprint density at radius 1 is 1.46 bits per heavy atom. The van der Waals surface area contributed by atoms with Gasteiger partial charge in [0, 0.05) is 4.88 Å². The summed E-state index contributed by atoms with van der Waals surface area (Å²) in [7, 11) is 1.98. The van der Waals surface area contributed by atoms with Crippen LogP contribution in [0.4, 0.5) is 0 Å². The molecule has 0 atom stereocenters. The van der Waals surface area contributed by atoms with Crippen LogP contribution in [0.15, 0.2) is 17.5 Å². The molecule has 0 aromatic carbocycles. The maximum atomic E-state index is 8.00. The molecule has 0 aliphatic rings. The van der Waals surface area contributed by atoms with Crippen LogP contribution < -0.4 is 5.32 Å². The van der Waals surface area contributed by atoms with E-state index in [2.05, 4.69) is 22.8 Å². The number of nitrogens with one attached hydrogen (secondary N) is 1. The molecule has 0 aliphatic carbocycles. The van der Waals surface area contributed by atoms with E-state index in [1.807, 2.05) is 39.0 Å². The van der Waals surface area contributed by atoms with Crippen LogP contribution >= 0.6 is 11.3 Å². The number of rotatable bonds is 3. The Labute approximate surface area is 85.0 Å². The number of carbonyl (C=O) groups excluding carboxylic acids is 1. The molecule has 0 amide bonds. The van der Waals surface area contributed by atoms with Gasteiger partial charge >= 0.3 is 0 Å². The number of hydrogen-bond acceptors (Lipinski definition) is 3. The van der Waals surface area contributed by atoms with Gasteiger partial charge in [0.2, 0.25) is 0 Å². The molecule has 1 heterocycles. The minimum absolute atomic E-state index is 1.08. The molecule has 1 rings (SSSR count). The molecular weight excluding hydrogens is 182 g/mol. The van der Waals surface area contributed by atoms with Crippen molar-refractivity contribution in [2.75, 3.05) is 13.6 Å². The van der Waals surface area contributed by atoms with Crippen LogP contribution in [-0.2, 0) is 11.2 Å². The second kappa shape index (κ2) is 13.9. The molecule has 76 valence electrons. The third kappa shape index (κ3) is 9.24. The van der Waals surface area contributed by atoms with Gasteiger partial charge in [-0.25, -0.2) is 0 Å². The molecule has 0 bridgehead atoms. The average Bonchev–Trinajstić information content (AvgIpc) is 2.73. The molecule has 0 fully saturated rings. The third-order valence-corrected chi connectivity index (χ3v) is 2.14. The topological polar surface area (TPSA) is 29.1 Å². The summed E-state index contributed by atoms with van der Waals surface area (Å²) in [5.74, 6) is 0. The summed E-state index contributed by atoms with van der Waals surface area (Å²) in [6.45, 7) is 7.08. The molecule has 0 unspecified atom stereocenters. The van der Waals surface area contributed by atoms with E-state index >= 15 is 0 Å². The predicted molar refractivity (Wildman–Crippen MR) is 60.4 cm³/mol. The van der Waals surface area contributed by atoms with Crippen molar-refractivity contribution >= 4 is 18.1 Å². The molecule has 1 N–H and O–H groups in total. The molecule has 0 saturated carbocycles. The normalized spacial score (nSPS) is 7.62. The molecule has 3 heteroatoms. The molecule has 1 aromatic heterocycles. The maximum absolute atomic E-state index is 8.00. The number of hydrogen-bond donors (Lipinski definition) is 1. The van der Waals surface area contributed by atoms with Gasteiger partial charge in [0.05, 0.1) is 0 Å². The van der Waals surface area contributed by atoms with E-state index in [1.54, 1.807) is 0 Å². The standard InChI is InChI=1S/C7H11NS.C2H6.CH2O/c1-8-5-4-7-3-2-6-9-7;2*1-2/h2-3,6,8H,4-5H2,1H3;1-2H3;1H2. The van der Waals surface area contributed by atoms with Crippen molar-refractivity contribution in [1.29, 1.82) is 0 Å². The largest absolute Gasteiger partial charge is 0.319 e. The SMILES string of the molecule is C=O.CC.CNCCc1cccs1. The van der Waals surface area contributed by atoms with Gasteiger partial charge in [-0.15, -0.1) is 11.3 Å². The fourth-order valence-corrected chi connectivity index (χ4v) is 1.41. The minimum atomic E-state index is 1.08. The first kappa shape index (κ1) is 14.8. The Hall–Kier alpha value is -0.670. The van der Waals surface area contributed by atoms with E-state index in [-0.39, 0.29) is 0 Å². The van der Waals surface area contributed by atoms with Crippen LogP contribution in [-0.4, -0.2) is 20.4 Å². The molecule has 0 spiro atoms. The fraction of sp³-hybridized carbons (Fsp3) is 0.500. The zero-order valence-electron chi connectivity index (χ0n) is 8.67. The summed E-state index contributed by atoms with van der Waals surface area (Å²) < 4.78 is 0. The van der Waals surface area contributed by atoms with E-state index in [4.69, 9.17) is 4.79 Å². The van der Waals surface area contributed by atoms with E-state index in [0.29, 0.717) is 0 Å². The van der Waals surface area contributed by atoms with Crippen LogP contribution in [0.3, 0.4) is 0 Å². The molecule has 1 aromatic rings. The smallest absolute Gasteiger partial charge is 0.106 e. The van der Waals surface area contributed by atoms with Gasteiger partial charge in [0.1, 0.15) is 6.79 Å². The van der Waals surface area contributed by atoms with Gasteiger partial charge in [-0.2, -0.15) is 0 Å². The highest BCUT2D eigenvalue weighted by Crippen LogP contribution is 2.07. The summed E-state index contributed by atoms with van der Waals surface area (Å²) >= 11 is 1.82. The van der Waals surface area contributed by atoms with Crippen molar-refractivity contribution in [3.8, 4) is 0 Å². The zero-order chi connectivity index (χ0) is 10.5. The van der Waals surface area contributed by atoms with E-state index in [9.17, 15) is 0 Å². The van der Waals surface area contributed by atoms with Gasteiger partial charge in [-0.3, -0.25) is 0 Å². The number of thiophene rings is 1. The van der Waals surface area contributed by atoms with Crippen molar-refractivity contribution in [3.05, 3.63) is 22.4 Å². The summed E-state index contributed by atoms with van der Waals surface area (Å²) in [6, 6.07) is 4.26. The molecule has 0 saturated heterocycles. The number of likely N-dealkylation sites (N-methyl/N-ethyl adjacent to an activating group) is 1. The lowest BCUT2D eigenvalue weighted by molar-refractivity contribution is -0.0979. The van der Waals surface area contributed by atoms with Crippen molar-refractivity contribution < 1.29 is 4.79 Å². The highest BCUT2D eigenvalue weighted by atomic mass is 32.1. The first-order chi connectivity index (χ1) is 6.43. The lowest BCUT2D eigenvalue weighted by atomic mass is 10.3. The third-order valence-electron chi connectivity index (χ3n) is 1.20. The number of carbonyl (C=O) groups is 1. The van der Waals surface area contributed by atoms with Crippen molar-refractivity contribution in [2.24, 2.45) is 0 Å². The Morgan fingerprint density at radius 2 is 2.08 bits per heavy atom. The highest BCUT2D eigenvalue weighted by molar-refractivity contribution is 7.09. The predicted octanol–water partition coefficient (Wildman–Crippen LogP) is 2.35. The van der Waals surface area contributed by atoms with Gasteiger partial charge in [-0.1, -0.05) is 19.9 Å². The van der Waals surface area contributed by atoms with E-state index in [0.717, 1.165) is 13.0 Å². The van der Waals surface area contributed by atoms with Crippen LogP contribution in [0.25, 0.3) is 0 Å². The lowest BCUT2D eigenvalue weighted by Crippen LogP contribution is -2.09. The van der Waals surface area contributed by atoms with Crippen LogP contribution in [0.1, 0.15) is 18.7 Å². The summed E-state index contributed by atoms with van der Waals surface area (Å²) in [5, 5.41) is 5.23. The molecule has 0 radical (unpaired) electrons. The second-order valence-electron chi connectivity index (χ2n) is 1.93. The summed E-state index contributed by atoms with van der Waals surface area (Å²) in [5.41, 5.74) is 0. The molecule has 0 aliphatic heterocycles. The van der Waals surface area contributed by atoms with Crippen molar-refractivity contribution in [1.82, 2.24) is 5.32 Å². The lowest BCUT2D eigenvalue weighted by Gasteiger charge is -1.92. The molecule has 2 nitrogen and oxygen atoms in total. The first-order valence-electron chi connectivity index (χ1n) is 4.39. The Morgan fingerprint density at radius 3 is 2.46 bits per heavy atom. The average molecular weight is 201 g/mol. The van der Waals surface area contributed by atoms with Crippen molar-refractivity contribution in [3.63, 3.8) is 0 Å². The molecule has 13 heavy (non-hydrogen) atoms. The molecular formula is C10H19NOS. The maximum Gasteiger partial charge on any atom is 0.106 e. The van der Waals surface area contributed by atoms with Crippen LogP contribution in [0.2, 0.25) is 0 Å². The summed E-state index contributed by atoms with van der Waals surface area (Å²) in [4.78, 5) is 9.46. The first-order valence-corrected chi connectivity index (χ1v) is 5.27. The summed E-state index contributed by atoms with van der Waals surface area (Å²) in [6.07, 6.45) is 1.16. The van der Waals surface area contributed by atoms with Crippen LogP contribution in [0, 0.1) is 0 Å². The van der Waals surface area contributed by atoms with Crippen molar-refractivity contribution in [2.45, 2.75) is 20.3 Å². The van der Waals surface area contributed by atoms with Gasteiger partial charge in [-0.05, 0) is 31.5 Å². The van der Waals surface area contributed by atoms with E-state index < -0.39 is 0 Å². The zero-order valence-corrected chi connectivity index (χ0v) is 9.49. The Kier molecular flexibility index (Phi) is 15.8. The van der Waals surface area contributed by atoms with Gasteiger partial charge < -0.3 is 10.1 Å².